The van der Waals surface area contributed by atoms with Gasteiger partial charge in [-0.1, -0.05) is 29.8 Å². The van der Waals surface area contributed by atoms with Crippen molar-refractivity contribution in [2.75, 3.05) is 25.0 Å². The second-order valence-electron chi connectivity index (χ2n) is 4.27. The number of hydrogen-bond acceptors (Lipinski definition) is 1. The molecule has 1 heterocycles. The van der Waals surface area contributed by atoms with Crippen LogP contribution in [0.3, 0.4) is 0 Å². The molecule has 0 saturated carbocycles. The lowest BCUT2D eigenvalue weighted by atomic mass is 9.99. The highest BCUT2D eigenvalue weighted by Crippen LogP contribution is 2.16. The van der Waals surface area contributed by atoms with Crippen LogP contribution in [-0.2, 0) is 0 Å². The minimum absolute atomic E-state index is 0.801. The van der Waals surface area contributed by atoms with E-state index in [2.05, 4.69) is 34.7 Å². The predicted molar refractivity (Wildman–Crippen MR) is 57.8 cm³/mol. The summed E-state index contributed by atoms with van der Waals surface area (Å²) in [6.45, 7) is 8.59. The Bertz CT molecular complexity index is 127. The quantitative estimate of drug-likeness (QED) is 0.679. The molecule has 1 nitrogen and oxygen atoms in total. The van der Waals surface area contributed by atoms with Crippen molar-refractivity contribution >= 4 is 15.9 Å². The molecule has 0 aromatic rings. The molecule has 0 bridgehead atoms. The van der Waals surface area contributed by atoms with E-state index < -0.39 is 0 Å². The minimum atomic E-state index is 0.801. The van der Waals surface area contributed by atoms with Gasteiger partial charge in [-0.3, -0.25) is 0 Å². The predicted octanol–water partition coefficient (Wildman–Crippen LogP) is 2.75. The van der Waals surface area contributed by atoms with E-state index in [1.807, 2.05) is 0 Å². The lowest BCUT2D eigenvalue weighted by molar-refractivity contribution is 0.168. The van der Waals surface area contributed by atoms with Gasteiger partial charge in [0.25, 0.3) is 0 Å². The second kappa shape index (κ2) is 5.23. The van der Waals surface area contributed by atoms with Crippen molar-refractivity contribution < 1.29 is 0 Å². The molecule has 1 aliphatic heterocycles. The zero-order valence-electron chi connectivity index (χ0n) is 8.22. The van der Waals surface area contributed by atoms with Gasteiger partial charge in [-0.15, -0.1) is 0 Å². The van der Waals surface area contributed by atoms with Crippen LogP contribution in [0.1, 0.15) is 26.7 Å². The van der Waals surface area contributed by atoms with Crippen molar-refractivity contribution in [1.29, 1.82) is 0 Å². The van der Waals surface area contributed by atoms with Crippen LogP contribution in [0.4, 0.5) is 0 Å². The van der Waals surface area contributed by atoms with Crippen molar-refractivity contribution in [1.82, 2.24) is 4.90 Å². The van der Waals surface area contributed by atoms with E-state index >= 15 is 0 Å². The number of alkyl halides is 1. The molecule has 1 rings (SSSR count). The normalized spacial score (nSPS) is 28.8. The first kappa shape index (κ1) is 10.5. The molecule has 0 aliphatic carbocycles. The Morgan fingerprint density at radius 1 is 1.58 bits per heavy atom. The SMILES string of the molecule is CC(CBr)CN1CCC[C@H](C)C1. The van der Waals surface area contributed by atoms with E-state index in [9.17, 15) is 0 Å². The van der Waals surface area contributed by atoms with Gasteiger partial charge in [0.05, 0.1) is 0 Å². The van der Waals surface area contributed by atoms with E-state index in [0.29, 0.717) is 0 Å². The van der Waals surface area contributed by atoms with Crippen LogP contribution in [0.25, 0.3) is 0 Å². The summed E-state index contributed by atoms with van der Waals surface area (Å²) >= 11 is 3.53. The van der Waals surface area contributed by atoms with Crippen molar-refractivity contribution in [3.8, 4) is 0 Å². The fraction of sp³-hybridized carbons (Fsp3) is 1.00. The van der Waals surface area contributed by atoms with Gasteiger partial charge in [0.15, 0.2) is 0 Å². The van der Waals surface area contributed by atoms with Crippen molar-refractivity contribution in [2.24, 2.45) is 11.8 Å². The highest BCUT2D eigenvalue weighted by Gasteiger charge is 2.17. The third-order valence-electron chi connectivity index (χ3n) is 2.57. The van der Waals surface area contributed by atoms with Gasteiger partial charge >= 0.3 is 0 Å². The van der Waals surface area contributed by atoms with Crippen LogP contribution in [0.2, 0.25) is 0 Å². The molecule has 12 heavy (non-hydrogen) atoms. The van der Waals surface area contributed by atoms with Gasteiger partial charge in [-0.25, -0.2) is 0 Å². The van der Waals surface area contributed by atoms with Gasteiger partial charge < -0.3 is 4.90 Å². The molecule has 2 atom stereocenters. The van der Waals surface area contributed by atoms with Gasteiger partial charge in [-0.05, 0) is 31.2 Å². The average Bonchev–Trinajstić information content (AvgIpc) is 2.04. The van der Waals surface area contributed by atoms with Gasteiger partial charge in [-0.2, -0.15) is 0 Å². The summed E-state index contributed by atoms with van der Waals surface area (Å²) in [7, 11) is 0. The number of hydrogen-bond donors (Lipinski definition) is 0. The Labute approximate surface area is 84.6 Å². The van der Waals surface area contributed by atoms with Gasteiger partial charge in [0, 0.05) is 18.4 Å². The molecule has 0 spiro atoms. The molecule has 0 amide bonds. The molecule has 1 unspecified atom stereocenters. The topological polar surface area (TPSA) is 3.24 Å². The first-order valence-corrected chi connectivity index (χ1v) is 6.13. The average molecular weight is 234 g/mol. The third-order valence-corrected chi connectivity index (χ3v) is 3.68. The summed E-state index contributed by atoms with van der Waals surface area (Å²) in [5.74, 6) is 1.72. The number of rotatable bonds is 3. The number of halogens is 1. The molecule has 2 heteroatoms. The lowest BCUT2D eigenvalue weighted by Crippen LogP contribution is -2.37. The van der Waals surface area contributed by atoms with Crippen LogP contribution < -0.4 is 0 Å². The summed E-state index contributed by atoms with van der Waals surface area (Å²) < 4.78 is 0. The molecule has 1 aliphatic rings. The molecule has 0 aromatic heterocycles. The summed E-state index contributed by atoms with van der Waals surface area (Å²) in [4.78, 5) is 2.61. The summed E-state index contributed by atoms with van der Waals surface area (Å²) in [5.41, 5.74) is 0. The van der Waals surface area contributed by atoms with E-state index in [0.717, 1.165) is 17.2 Å². The second-order valence-corrected chi connectivity index (χ2v) is 4.91. The van der Waals surface area contributed by atoms with Crippen molar-refractivity contribution in [3.63, 3.8) is 0 Å². The minimum Gasteiger partial charge on any atom is -0.303 e. The van der Waals surface area contributed by atoms with E-state index in [1.165, 1.54) is 32.5 Å². The molecular weight excluding hydrogens is 214 g/mol. The molecule has 0 aromatic carbocycles. The maximum Gasteiger partial charge on any atom is 0.00692 e. The molecular formula is C10H20BrN. The Kier molecular flexibility index (Phi) is 4.59. The fourth-order valence-electron chi connectivity index (χ4n) is 1.94. The maximum absolute atomic E-state index is 3.53. The summed E-state index contributed by atoms with van der Waals surface area (Å²) in [5, 5.41) is 1.14. The van der Waals surface area contributed by atoms with Crippen LogP contribution in [0, 0.1) is 11.8 Å². The smallest absolute Gasteiger partial charge is 0.00692 e. The third kappa shape index (κ3) is 3.44. The lowest BCUT2D eigenvalue weighted by Gasteiger charge is -2.32. The molecule has 0 radical (unpaired) electrons. The van der Waals surface area contributed by atoms with E-state index in [-0.39, 0.29) is 0 Å². The Hall–Kier alpha value is 0.440. The zero-order chi connectivity index (χ0) is 8.97. The summed E-state index contributed by atoms with van der Waals surface area (Å²) in [6.07, 6.45) is 2.83. The van der Waals surface area contributed by atoms with Crippen LogP contribution >= 0.6 is 15.9 Å². The molecule has 0 N–H and O–H groups in total. The monoisotopic (exact) mass is 233 g/mol. The van der Waals surface area contributed by atoms with Gasteiger partial charge in [0.1, 0.15) is 0 Å². The maximum atomic E-state index is 3.53. The Morgan fingerprint density at radius 2 is 2.33 bits per heavy atom. The highest BCUT2D eigenvalue weighted by atomic mass is 79.9. The first-order chi connectivity index (χ1) is 5.72. The number of nitrogens with zero attached hydrogens (tertiary/aromatic N) is 1. The largest absolute Gasteiger partial charge is 0.303 e. The molecule has 1 fully saturated rings. The van der Waals surface area contributed by atoms with E-state index in [4.69, 9.17) is 0 Å². The molecule has 72 valence electrons. The van der Waals surface area contributed by atoms with Crippen LogP contribution in [0.5, 0.6) is 0 Å². The van der Waals surface area contributed by atoms with Crippen molar-refractivity contribution in [2.45, 2.75) is 26.7 Å². The Balaban J connectivity index is 2.22. The first-order valence-electron chi connectivity index (χ1n) is 5.00. The number of likely N-dealkylation sites (tertiary alicyclic amines) is 1. The molecule has 1 saturated heterocycles. The highest BCUT2D eigenvalue weighted by molar-refractivity contribution is 9.09. The van der Waals surface area contributed by atoms with E-state index in [1.54, 1.807) is 0 Å². The van der Waals surface area contributed by atoms with Gasteiger partial charge in [0.2, 0.25) is 0 Å². The summed E-state index contributed by atoms with van der Waals surface area (Å²) in [6, 6.07) is 0. The standard InChI is InChI=1S/C10H20BrN/c1-9-4-3-5-12(7-9)8-10(2)6-11/h9-10H,3-8H2,1-2H3/t9-,10?/m0/s1. The van der Waals surface area contributed by atoms with Crippen molar-refractivity contribution in [3.05, 3.63) is 0 Å². The fourth-order valence-corrected chi connectivity index (χ4v) is 2.15. The van der Waals surface area contributed by atoms with Crippen LogP contribution in [-0.4, -0.2) is 29.9 Å². The van der Waals surface area contributed by atoms with Crippen LogP contribution in [0.15, 0.2) is 0 Å². The zero-order valence-corrected chi connectivity index (χ0v) is 9.81. The number of piperidine rings is 1. The Morgan fingerprint density at radius 3 is 2.92 bits per heavy atom.